The fraction of sp³-hybridized carbons (Fsp3) is 0.280. The Morgan fingerprint density at radius 2 is 1.82 bits per heavy atom. The number of nitrogens with one attached hydrogen (secondary N) is 3. The Kier molecular flexibility index (Phi) is 5.86. The van der Waals surface area contributed by atoms with E-state index in [1.165, 1.54) is 24.5 Å². The maximum atomic E-state index is 14.7. The van der Waals surface area contributed by atoms with Crippen molar-refractivity contribution in [3.05, 3.63) is 54.5 Å². The number of benzene rings is 1. The van der Waals surface area contributed by atoms with E-state index in [0.29, 0.717) is 56.9 Å². The van der Waals surface area contributed by atoms with Crippen LogP contribution in [0.3, 0.4) is 0 Å². The van der Waals surface area contributed by atoms with Crippen molar-refractivity contribution in [3.63, 3.8) is 0 Å². The average Bonchev–Trinajstić information content (AvgIpc) is 3.55. The number of piperazine rings is 1. The third kappa shape index (κ3) is 4.18. The molecule has 0 aliphatic carbocycles. The quantitative estimate of drug-likeness (QED) is 0.293. The molecule has 1 aliphatic heterocycles. The van der Waals surface area contributed by atoms with Crippen LogP contribution in [0.4, 0.5) is 29.2 Å². The molecule has 4 aromatic heterocycles. The number of hydrogen-bond acceptors (Lipinski definition) is 7. The van der Waals surface area contributed by atoms with Gasteiger partial charge < -0.3 is 20.5 Å². The molecule has 5 aromatic rings. The van der Waals surface area contributed by atoms with Gasteiger partial charge in [0, 0.05) is 74.0 Å². The van der Waals surface area contributed by atoms with Gasteiger partial charge in [-0.15, -0.1) is 0 Å². The highest BCUT2D eigenvalue weighted by molar-refractivity contribution is 6.15. The summed E-state index contributed by atoms with van der Waals surface area (Å²) in [6.45, 7) is 5.60. The lowest BCUT2D eigenvalue weighted by Crippen LogP contribution is -2.44. The average molecular weight is 526 g/mol. The van der Waals surface area contributed by atoms with E-state index in [1.54, 1.807) is 12.4 Å². The minimum atomic E-state index is -4.63. The highest BCUT2D eigenvalue weighted by Crippen LogP contribution is 2.39. The van der Waals surface area contributed by atoms with Crippen molar-refractivity contribution < 1.29 is 17.6 Å². The van der Waals surface area contributed by atoms with Crippen molar-refractivity contribution in [2.24, 2.45) is 0 Å². The predicted molar refractivity (Wildman–Crippen MR) is 136 cm³/mol. The predicted octanol–water partition coefficient (Wildman–Crippen LogP) is 4.36. The van der Waals surface area contributed by atoms with E-state index in [2.05, 4.69) is 40.6 Å². The summed E-state index contributed by atoms with van der Waals surface area (Å²) in [6, 6.07) is 3.60. The second-order valence-electron chi connectivity index (χ2n) is 8.93. The zero-order valence-electron chi connectivity index (χ0n) is 20.3. The number of pyridine rings is 1. The van der Waals surface area contributed by atoms with Crippen LogP contribution in [0.2, 0.25) is 0 Å². The lowest BCUT2D eigenvalue weighted by molar-refractivity contribution is -0.141. The first-order chi connectivity index (χ1) is 18.3. The highest BCUT2D eigenvalue weighted by atomic mass is 19.4. The van der Waals surface area contributed by atoms with Crippen LogP contribution in [0, 0.1) is 5.82 Å². The monoisotopic (exact) mass is 525 g/mol. The SMILES string of the molecule is CCNc1cc(F)cc2c1[nH]c1ncc(-c3cnc(N4CCNCC4)nc3)c(-n3ccc(C(F)(F)F)n3)c12. The van der Waals surface area contributed by atoms with Gasteiger partial charge in [-0.25, -0.2) is 24.0 Å². The molecule has 5 heterocycles. The fourth-order valence-corrected chi connectivity index (χ4v) is 4.78. The van der Waals surface area contributed by atoms with Gasteiger partial charge in [-0.1, -0.05) is 0 Å². The van der Waals surface area contributed by atoms with Gasteiger partial charge in [0.05, 0.1) is 22.3 Å². The number of alkyl halides is 3. The molecule has 196 valence electrons. The number of anilines is 2. The minimum Gasteiger partial charge on any atom is -0.384 e. The first kappa shape index (κ1) is 24.1. The van der Waals surface area contributed by atoms with Gasteiger partial charge in [-0.2, -0.15) is 18.3 Å². The number of hydrogen-bond donors (Lipinski definition) is 3. The molecule has 9 nitrogen and oxygen atoms in total. The van der Waals surface area contributed by atoms with E-state index in [0.717, 1.165) is 36.9 Å². The molecule has 0 bridgehead atoms. The van der Waals surface area contributed by atoms with Crippen LogP contribution in [0.25, 0.3) is 38.8 Å². The Balaban J connectivity index is 1.58. The first-order valence-electron chi connectivity index (χ1n) is 12.1. The highest BCUT2D eigenvalue weighted by Gasteiger charge is 2.34. The molecule has 0 saturated carbocycles. The summed E-state index contributed by atoms with van der Waals surface area (Å²) < 4.78 is 56.3. The number of nitrogens with zero attached hydrogens (tertiary/aromatic N) is 6. The van der Waals surface area contributed by atoms with E-state index in [1.807, 2.05) is 6.92 Å². The second-order valence-corrected chi connectivity index (χ2v) is 8.93. The molecule has 38 heavy (non-hydrogen) atoms. The summed E-state index contributed by atoms with van der Waals surface area (Å²) in [5, 5.41) is 11.1. The molecule has 3 N–H and O–H groups in total. The number of aromatic amines is 1. The van der Waals surface area contributed by atoms with Gasteiger partial charge in [0.25, 0.3) is 0 Å². The number of aromatic nitrogens is 6. The van der Waals surface area contributed by atoms with Crippen LogP contribution < -0.4 is 15.5 Å². The van der Waals surface area contributed by atoms with Crippen LogP contribution in [0.5, 0.6) is 0 Å². The molecule has 0 atom stereocenters. The van der Waals surface area contributed by atoms with Gasteiger partial charge in [0.15, 0.2) is 5.69 Å². The molecule has 1 saturated heterocycles. The number of H-pyrrole nitrogens is 1. The van der Waals surface area contributed by atoms with Gasteiger partial charge in [0.2, 0.25) is 5.95 Å². The smallest absolute Gasteiger partial charge is 0.384 e. The van der Waals surface area contributed by atoms with Crippen LogP contribution in [-0.4, -0.2) is 62.4 Å². The van der Waals surface area contributed by atoms with Crippen molar-refractivity contribution in [1.82, 2.24) is 35.0 Å². The Morgan fingerprint density at radius 3 is 2.50 bits per heavy atom. The van der Waals surface area contributed by atoms with E-state index >= 15 is 0 Å². The molecular weight excluding hydrogens is 502 g/mol. The van der Waals surface area contributed by atoms with E-state index in [9.17, 15) is 17.6 Å². The lowest BCUT2D eigenvalue weighted by atomic mass is 10.0. The van der Waals surface area contributed by atoms with Crippen LogP contribution in [0.1, 0.15) is 12.6 Å². The standard InChI is InChI=1S/C25H23F4N9/c1-2-31-18-10-15(26)9-16-20-22(38-6-3-19(36-38)25(27,28)29)17(13-32-23(20)35-21(16)18)14-11-33-24(34-12-14)37-7-4-30-5-8-37/h3,6,9-13,30-31H,2,4-5,7-8H2,1H3,(H,32,35). The van der Waals surface area contributed by atoms with Crippen molar-refractivity contribution in [2.75, 3.05) is 42.9 Å². The van der Waals surface area contributed by atoms with Crippen molar-refractivity contribution in [2.45, 2.75) is 13.1 Å². The van der Waals surface area contributed by atoms with Gasteiger partial charge >= 0.3 is 6.18 Å². The molecular formula is C25H23F4N9. The summed E-state index contributed by atoms with van der Waals surface area (Å²) in [5.41, 5.74) is 1.74. The normalized spacial score (nSPS) is 14.5. The summed E-state index contributed by atoms with van der Waals surface area (Å²) in [7, 11) is 0. The molecule has 6 rings (SSSR count). The van der Waals surface area contributed by atoms with E-state index in [4.69, 9.17) is 0 Å². The molecule has 0 unspecified atom stereocenters. The van der Waals surface area contributed by atoms with Gasteiger partial charge in [-0.05, 0) is 25.1 Å². The minimum absolute atomic E-state index is 0.309. The van der Waals surface area contributed by atoms with Gasteiger partial charge in [-0.3, -0.25) is 0 Å². The zero-order valence-corrected chi connectivity index (χ0v) is 20.3. The Bertz CT molecular complexity index is 1620. The van der Waals surface area contributed by atoms with Crippen LogP contribution >= 0.6 is 0 Å². The van der Waals surface area contributed by atoms with Crippen molar-refractivity contribution >= 4 is 33.6 Å². The van der Waals surface area contributed by atoms with Crippen LogP contribution in [-0.2, 0) is 6.18 Å². The largest absolute Gasteiger partial charge is 0.435 e. The Morgan fingerprint density at radius 1 is 1.05 bits per heavy atom. The molecule has 1 aliphatic rings. The molecule has 13 heteroatoms. The second kappa shape index (κ2) is 9.24. The van der Waals surface area contributed by atoms with Crippen molar-refractivity contribution in [1.29, 1.82) is 0 Å². The summed E-state index contributed by atoms with van der Waals surface area (Å²) in [4.78, 5) is 18.8. The molecule has 1 aromatic carbocycles. The zero-order chi connectivity index (χ0) is 26.4. The molecule has 0 radical (unpaired) electrons. The number of fused-ring (bicyclic) bond motifs is 3. The third-order valence-corrected chi connectivity index (χ3v) is 6.49. The maximum Gasteiger partial charge on any atom is 0.435 e. The van der Waals surface area contributed by atoms with E-state index in [-0.39, 0.29) is 0 Å². The molecule has 0 spiro atoms. The fourth-order valence-electron chi connectivity index (χ4n) is 4.78. The van der Waals surface area contributed by atoms with E-state index < -0.39 is 17.7 Å². The summed E-state index contributed by atoms with van der Waals surface area (Å²) >= 11 is 0. The third-order valence-electron chi connectivity index (χ3n) is 6.49. The lowest BCUT2D eigenvalue weighted by Gasteiger charge is -2.27. The Hall–Kier alpha value is -4.26. The number of halogens is 4. The maximum absolute atomic E-state index is 14.7. The molecule has 0 amide bonds. The van der Waals surface area contributed by atoms with Crippen molar-refractivity contribution in [3.8, 4) is 16.8 Å². The molecule has 1 fully saturated rings. The first-order valence-corrected chi connectivity index (χ1v) is 12.1. The summed E-state index contributed by atoms with van der Waals surface area (Å²) in [5.74, 6) is 0.0691. The topological polar surface area (TPSA) is 99.6 Å². The Labute approximate surface area is 213 Å². The van der Waals surface area contributed by atoms with Crippen LogP contribution in [0.15, 0.2) is 43.0 Å². The van der Waals surface area contributed by atoms with Gasteiger partial charge in [0.1, 0.15) is 11.5 Å². The summed E-state index contributed by atoms with van der Waals surface area (Å²) in [6.07, 6.45) is 1.37. The number of rotatable bonds is 5.